The number of aromatic nitrogens is 1. The first-order valence-corrected chi connectivity index (χ1v) is 8.15. The normalized spacial score (nSPS) is 22.6. The second kappa shape index (κ2) is 7.43. The van der Waals surface area contributed by atoms with Gasteiger partial charge in [-0.15, -0.1) is 0 Å². The van der Waals surface area contributed by atoms with Crippen LogP contribution in [0.15, 0.2) is 12.1 Å². The van der Waals surface area contributed by atoms with Crippen LogP contribution in [0.1, 0.15) is 68.4 Å². The van der Waals surface area contributed by atoms with E-state index in [0.717, 1.165) is 37.3 Å². The zero-order valence-corrected chi connectivity index (χ0v) is 13.2. The molecule has 0 aliphatic heterocycles. The number of amides is 1. The number of rotatable bonds is 4. The van der Waals surface area contributed by atoms with Crippen molar-refractivity contribution >= 4 is 11.7 Å². The molecule has 1 saturated carbocycles. The third-order valence-electron chi connectivity index (χ3n) is 4.26. The second-order valence-electron chi connectivity index (χ2n) is 6.31. The van der Waals surface area contributed by atoms with Gasteiger partial charge >= 0.3 is 0 Å². The number of anilines is 1. The Kier molecular flexibility index (Phi) is 5.59. The lowest BCUT2D eigenvalue weighted by Crippen LogP contribution is -2.34. The largest absolute Gasteiger partial charge is 0.384 e. The summed E-state index contributed by atoms with van der Waals surface area (Å²) in [7, 11) is 0. The highest BCUT2D eigenvalue weighted by molar-refractivity contribution is 5.95. The SMILES string of the molecule is CCCc1cc(C(=O)NC2CCCC(C)CC2)cc(N)n1. The van der Waals surface area contributed by atoms with E-state index in [9.17, 15) is 4.79 Å². The standard InChI is InChI=1S/C17H27N3O/c1-3-5-15-10-13(11-16(18)19-15)17(21)20-14-7-4-6-12(2)8-9-14/h10-12,14H,3-9H2,1-2H3,(H2,18,19)(H,20,21). The lowest BCUT2D eigenvalue weighted by molar-refractivity contribution is 0.0933. The van der Waals surface area contributed by atoms with Gasteiger partial charge in [0.2, 0.25) is 0 Å². The van der Waals surface area contributed by atoms with E-state index in [4.69, 9.17) is 5.73 Å². The van der Waals surface area contributed by atoms with E-state index in [-0.39, 0.29) is 5.91 Å². The number of aryl methyl sites for hydroxylation is 1. The fraction of sp³-hybridized carbons (Fsp3) is 0.647. The van der Waals surface area contributed by atoms with Gasteiger partial charge in [-0.3, -0.25) is 4.79 Å². The maximum atomic E-state index is 12.4. The number of nitrogen functional groups attached to an aromatic ring is 1. The zero-order valence-electron chi connectivity index (χ0n) is 13.2. The van der Waals surface area contributed by atoms with Crippen LogP contribution < -0.4 is 11.1 Å². The first-order chi connectivity index (χ1) is 10.1. The molecule has 1 fully saturated rings. The molecule has 1 aliphatic rings. The summed E-state index contributed by atoms with van der Waals surface area (Å²) in [6.45, 7) is 4.39. The molecule has 1 amide bonds. The lowest BCUT2D eigenvalue weighted by atomic mass is 10.0. The van der Waals surface area contributed by atoms with Crippen molar-refractivity contribution in [3.05, 3.63) is 23.4 Å². The minimum atomic E-state index is -0.0130. The summed E-state index contributed by atoms with van der Waals surface area (Å²) in [5.41, 5.74) is 7.35. The van der Waals surface area contributed by atoms with Crippen molar-refractivity contribution in [3.63, 3.8) is 0 Å². The molecule has 3 N–H and O–H groups in total. The highest BCUT2D eigenvalue weighted by Crippen LogP contribution is 2.23. The van der Waals surface area contributed by atoms with Crippen LogP contribution in [0.2, 0.25) is 0 Å². The van der Waals surface area contributed by atoms with Crippen LogP contribution in [0.5, 0.6) is 0 Å². The molecule has 4 nitrogen and oxygen atoms in total. The monoisotopic (exact) mass is 289 g/mol. The number of hydrogen-bond donors (Lipinski definition) is 2. The number of nitrogens with one attached hydrogen (secondary N) is 1. The molecule has 1 aromatic heterocycles. The van der Waals surface area contributed by atoms with Crippen molar-refractivity contribution in [1.29, 1.82) is 0 Å². The number of nitrogens with two attached hydrogens (primary N) is 1. The Labute approximate surface area is 127 Å². The van der Waals surface area contributed by atoms with Gasteiger partial charge in [0.25, 0.3) is 5.91 Å². The summed E-state index contributed by atoms with van der Waals surface area (Å²) in [5, 5.41) is 3.17. The Morgan fingerprint density at radius 1 is 1.33 bits per heavy atom. The first-order valence-electron chi connectivity index (χ1n) is 8.15. The van der Waals surface area contributed by atoms with Gasteiger partial charge in [0.15, 0.2) is 0 Å². The summed E-state index contributed by atoms with van der Waals surface area (Å²) in [5.74, 6) is 1.20. The molecule has 1 heterocycles. The maximum absolute atomic E-state index is 12.4. The van der Waals surface area contributed by atoms with E-state index < -0.39 is 0 Å². The Hall–Kier alpha value is -1.58. The molecule has 0 radical (unpaired) electrons. The highest BCUT2D eigenvalue weighted by Gasteiger charge is 2.19. The number of carbonyl (C=O) groups excluding carboxylic acids is 1. The number of hydrogen-bond acceptors (Lipinski definition) is 3. The summed E-state index contributed by atoms with van der Waals surface area (Å²) >= 11 is 0. The Balaban J connectivity index is 2.02. The third-order valence-corrected chi connectivity index (χ3v) is 4.26. The zero-order chi connectivity index (χ0) is 15.2. The van der Waals surface area contributed by atoms with E-state index in [0.29, 0.717) is 17.4 Å². The van der Waals surface area contributed by atoms with Gasteiger partial charge < -0.3 is 11.1 Å². The molecule has 2 rings (SSSR count). The Bertz CT molecular complexity index is 487. The molecule has 0 bridgehead atoms. The van der Waals surface area contributed by atoms with Crippen LogP contribution in [0.3, 0.4) is 0 Å². The fourth-order valence-electron chi connectivity index (χ4n) is 3.03. The molecule has 1 aromatic rings. The van der Waals surface area contributed by atoms with Crippen LogP contribution in [0.25, 0.3) is 0 Å². The molecular weight excluding hydrogens is 262 g/mol. The minimum absolute atomic E-state index is 0.0130. The molecule has 4 heteroatoms. The van der Waals surface area contributed by atoms with E-state index in [1.165, 1.54) is 19.3 Å². The third kappa shape index (κ3) is 4.73. The molecule has 0 spiro atoms. The first kappa shape index (κ1) is 15.8. The number of carbonyl (C=O) groups is 1. The van der Waals surface area contributed by atoms with Gasteiger partial charge in [0, 0.05) is 17.3 Å². The predicted octanol–water partition coefficient (Wildman–Crippen LogP) is 3.31. The van der Waals surface area contributed by atoms with Gasteiger partial charge in [0.05, 0.1) is 0 Å². The van der Waals surface area contributed by atoms with Crippen LogP contribution >= 0.6 is 0 Å². The van der Waals surface area contributed by atoms with Crippen molar-refractivity contribution in [2.75, 3.05) is 5.73 Å². The summed E-state index contributed by atoms with van der Waals surface area (Å²) < 4.78 is 0. The average molecular weight is 289 g/mol. The molecule has 1 aliphatic carbocycles. The van der Waals surface area contributed by atoms with E-state index in [1.54, 1.807) is 6.07 Å². The van der Waals surface area contributed by atoms with Gasteiger partial charge in [-0.25, -0.2) is 4.98 Å². The van der Waals surface area contributed by atoms with Gasteiger partial charge in [-0.05, 0) is 43.7 Å². The maximum Gasteiger partial charge on any atom is 0.251 e. The highest BCUT2D eigenvalue weighted by atomic mass is 16.1. The molecule has 116 valence electrons. The van der Waals surface area contributed by atoms with E-state index in [2.05, 4.69) is 24.1 Å². The van der Waals surface area contributed by atoms with Gasteiger partial charge in [0.1, 0.15) is 5.82 Å². The molecule has 2 atom stereocenters. The molecule has 21 heavy (non-hydrogen) atoms. The van der Waals surface area contributed by atoms with Crippen molar-refractivity contribution < 1.29 is 4.79 Å². The van der Waals surface area contributed by atoms with Crippen molar-refractivity contribution in [1.82, 2.24) is 10.3 Å². The van der Waals surface area contributed by atoms with Crippen molar-refractivity contribution in [3.8, 4) is 0 Å². The minimum Gasteiger partial charge on any atom is -0.384 e. The fourth-order valence-corrected chi connectivity index (χ4v) is 3.03. The smallest absolute Gasteiger partial charge is 0.251 e. The quantitative estimate of drug-likeness (QED) is 0.836. The Morgan fingerprint density at radius 3 is 2.90 bits per heavy atom. The molecular formula is C17H27N3O. The molecule has 0 saturated heterocycles. The summed E-state index contributed by atoms with van der Waals surface area (Å²) in [4.78, 5) is 16.7. The van der Waals surface area contributed by atoms with Crippen LogP contribution in [0, 0.1) is 5.92 Å². The summed E-state index contributed by atoms with van der Waals surface area (Å²) in [6, 6.07) is 3.84. The van der Waals surface area contributed by atoms with E-state index in [1.807, 2.05) is 6.07 Å². The summed E-state index contributed by atoms with van der Waals surface area (Å²) in [6.07, 6.45) is 7.68. The van der Waals surface area contributed by atoms with Crippen molar-refractivity contribution in [2.24, 2.45) is 5.92 Å². The van der Waals surface area contributed by atoms with Crippen molar-refractivity contribution in [2.45, 2.75) is 64.8 Å². The second-order valence-corrected chi connectivity index (χ2v) is 6.31. The van der Waals surface area contributed by atoms with Crippen LogP contribution in [-0.2, 0) is 6.42 Å². The number of nitrogens with zero attached hydrogens (tertiary/aromatic N) is 1. The van der Waals surface area contributed by atoms with E-state index >= 15 is 0 Å². The lowest BCUT2D eigenvalue weighted by Gasteiger charge is -2.17. The Morgan fingerprint density at radius 2 is 2.14 bits per heavy atom. The predicted molar refractivity (Wildman–Crippen MR) is 86.1 cm³/mol. The van der Waals surface area contributed by atoms with Crippen LogP contribution in [-0.4, -0.2) is 16.9 Å². The average Bonchev–Trinajstić information content (AvgIpc) is 2.63. The van der Waals surface area contributed by atoms with Gasteiger partial charge in [-0.2, -0.15) is 0 Å². The molecule has 0 aromatic carbocycles. The van der Waals surface area contributed by atoms with Gasteiger partial charge in [-0.1, -0.05) is 33.1 Å². The number of pyridine rings is 1. The van der Waals surface area contributed by atoms with Crippen LogP contribution in [0.4, 0.5) is 5.82 Å². The topological polar surface area (TPSA) is 68.0 Å². The molecule has 2 unspecified atom stereocenters.